The van der Waals surface area contributed by atoms with E-state index in [-0.39, 0.29) is 19.6 Å². The molecule has 1 aromatic carbocycles. The Kier molecular flexibility index (Phi) is 5.36. The van der Waals surface area contributed by atoms with Crippen molar-refractivity contribution in [2.24, 2.45) is 0 Å². The monoisotopic (exact) mass is 329 g/mol. The molecule has 1 heterocycles. The summed E-state index contributed by atoms with van der Waals surface area (Å²) in [6.45, 7) is 7.15. The van der Waals surface area contributed by atoms with Crippen molar-refractivity contribution in [3.05, 3.63) is 86.6 Å². The average molecular weight is 329 g/mol. The van der Waals surface area contributed by atoms with Gasteiger partial charge in [-0.1, -0.05) is 24.3 Å². The summed E-state index contributed by atoms with van der Waals surface area (Å²) in [4.78, 5) is 37.3. The molecular formula is C17H19N3O4. The minimum Gasteiger partial charge on any atom is -0.497 e. The van der Waals surface area contributed by atoms with Gasteiger partial charge < -0.3 is 4.74 Å². The summed E-state index contributed by atoms with van der Waals surface area (Å²) in [5.41, 5.74) is -1.31. The van der Waals surface area contributed by atoms with E-state index in [0.29, 0.717) is 11.3 Å². The Morgan fingerprint density at radius 1 is 0.958 bits per heavy atom. The highest BCUT2D eigenvalue weighted by Gasteiger charge is 2.14. The van der Waals surface area contributed by atoms with E-state index < -0.39 is 17.1 Å². The maximum atomic E-state index is 12.5. The molecule has 2 rings (SSSR count). The molecule has 0 bridgehead atoms. The number of allylic oxidation sites excluding steroid dienone is 2. The van der Waals surface area contributed by atoms with Gasteiger partial charge in [-0.15, -0.1) is 13.2 Å². The lowest BCUT2D eigenvalue weighted by Crippen LogP contribution is -2.54. The van der Waals surface area contributed by atoms with Crippen LogP contribution in [0.5, 0.6) is 5.75 Å². The molecule has 7 nitrogen and oxygen atoms in total. The second-order valence-electron chi connectivity index (χ2n) is 5.08. The molecule has 0 spiro atoms. The van der Waals surface area contributed by atoms with Crippen LogP contribution >= 0.6 is 0 Å². The molecule has 1 aromatic heterocycles. The van der Waals surface area contributed by atoms with Crippen LogP contribution in [0.1, 0.15) is 5.56 Å². The van der Waals surface area contributed by atoms with Crippen molar-refractivity contribution >= 4 is 0 Å². The first kappa shape index (κ1) is 17.3. The molecule has 0 aliphatic heterocycles. The van der Waals surface area contributed by atoms with E-state index in [1.54, 1.807) is 24.3 Å². The molecule has 2 aromatic rings. The summed E-state index contributed by atoms with van der Waals surface area (Å²) in [6.07, 6.45) is 2.86. The van der Waals surface area contributed by atoms with Gasteiger partial charge in [0.15, 0.2) is 0 Å². The van der Waals surface area contributed by atoms with E-state index >= 15 is 0 Å². The molecule has 24 heavy (non-hydrogen) atoms. The Morgan fingerprint density at radius 2 is 1.50 bits per heavy atom. The van der Waals surface area contributed by atoms with Crippen LogP contribution in [-0.2, 0) is 19.6 Å². The second kappa shape index (κ2) is 7.45. The van der Waals surface area contributed by atoms with Crippen molar-refractivity contribution < 1.29 is 4.74 Å². The number of hydrogen-bond acceptors (Lipinski definition) is 4. The fourth-order valence-electron chi connectivity index (χ4n) is 2.34. The summed E-state index contributed by atoms with van der Waals surface area (Å²) in [5.74, 6) is 0.617. The second-order valence-corrected chi connectivity index (χ2v) is 5.08. The normalized spacial score (nSPS) is 10.4. The topological polar surface area (TPSA) is 75.2 Å². The average Bonchev–Trinajstić information content (AvgIpc) is 2.59. The van der Waals surface area contributed by atoms with Gasteiger partial charge in [-0.3, -0.25) is 0 Å². The van der Waals surface area contributed by atoms with E-state index in [2.05, 4.69) is 13.2 Å². The van der Waals surface area contributed by atoms with Crippen molar-refractivity contribution in [2.45, 2.75) is 19.6 Å². The zero-order chi connectivity index (χ0) is 17.7. The lowest BCUT2D eigenvalue weighted by molar-refractivity contribution is 0.413. The first-order valence-electron chi connectivity index (χ1n) is 7.32. The zero-order valence-corrected chi connectivity index (χ0v) is 13.5. The van der Waals surface area contributed by atoms with E-state index in [1.807, 2.05) is 0 Å². The van der Waals surface area contributed by atoms with Crippen LogP contribution in [0.3, 0.4) is 0 Å². The van der Waals surface area contributed by atoms with Crippen LogP contribution < -0.4 is 21.8 Å². The quantitative estimate of drug-likeness (QED) is 0.697. The van der Waals surface area contributed by atoms with E-state index in [0.717, 1.165) is 13.7 Å². The van der Waals surface area contributed by atoms with Crippen molar-refractivity contribution in [1.29, 1.82) is 0 Å². The molecule has 0 unspecified atom stereocenters. The Hall–Kier alpha value is -3.09. The predicted molar refractivity (Wildman–Crippen MR) is 91.7 cm³/mol. The summed E-state index contributed by atoms with van der Waals surface area (Å²) >= 11 is 0. The summed E-state index contributed by atoms with van der Waals surface area (Å²) in [7, 11) is 1.53. The summed E-state index contributed by atoms with van der Waals surface area (Å²) < 4.78 is 8.10. The number of benzene rings is 1. The van der Waals surface area contributed by atoms with Crippen molar-refractivity contribution in [3.63, 3.8) is 0 Å². The number of aromatic nitrogens is 3. The number of nitrogens with zero attached hydrogens (tertiary/aromatic N) is 3. The van der Waals surface area contributed by atoms with Crippen LogP contribution in [0.15, 0.2) is 64.0 Å². The van der Waals surface area contributed by atoms with Crippen LogP contribution in [0.25, 0.3) is 0 Å². The Balaban J connectivity index is 2.65. The number of hydrogen-bond donors (Lipinski definition) is 0. The fourth-order valence-corrected chi connectivity index (χ4v) is 2.34. The van der Waals surface area contributed by atoms with Crippen molar-refractivity contribution in [2.75, 3.05) is 7.11 Å². The highest BCUT2D eigenvalue weighted by Crippen LogP contribution is 2.12. The third-order valence-electron chi connectivity index (χ3n) is 3.48. The number of ether oxygens (including phenoxy) is 1. The Labute approximate surface area is 138 Å². The molecule has 126 valence electrons. The van der Waals surface area contributed by atoms with E-state index in [4.69, 9.17) is 4.74 Å². The molecule has 0 aliphatic carbocycles. The Bertz CT molecular complexity index is 886. The van der Waals surface area contributed by atoms with Gasteiger partial charge in [0.2, 0.25) is 0 Å². The molecule has 0 amide bonds. The minimum absolute atomic E-state index is 0.0210. The third kappa shape index (κ3) is 3.29. The van der Waals surface area contributed by atoms with Gasteiger partial charge in [-0.05, 0) is 17.7 Å². The van der Waals surface area contributed by atoms with Crippen molar-refractivity contribution in [1.82, 2.24) is 13.7 Å². The first-order chi connectivity index (χ1) is 11.5. The van der Waals surface area contributed by atoms with Gasteiger partial charge in [-0.2, -0.15) is 0 Å². The van der Waals surface area contributed by atoms with Gasteiger partial charge in [0.1, 0.15) is 5.75 Å². The lowest BCUT2D eigenvalue weighted by atomic mass is 10.2. The van der Waals surface area contributed by atoms with E-state index in [1.165, 1.54) is 19.3 Å². The highest BCUT2D eigenvalue weighted by atomic mass is 16.5. The zero-order valence-electron chi connectivity index (χ0n) is 13.5. The van der Waals surface area contributed by atoms with Crippen LogP contribution in [0.4, 0.5) is 0 Å². The number of rotatable bonds is 7. The molecule has 0 N–H and O–H groups in total. The van der Waals surface area contributed by atoms with E-state index in [9.17, 15) is 14.4 Å². The molecule has 0 fully saturated rings. The fraction of sp³-hybridized carbons (Fsp3) is 0.235. The van der Waals surface area contributed by atoms with Gasteiger partial charge in [0, 0.05) is 0 Å². The van der Waals surface area contributed by atoms with Crippen molar-refractivity contribution in [3.8, 4) is 5.75 Å². The Morgan fingerprint density at radius 3 is 2.00 bits per heavy atom. The smallest absolute Gasteiger partial charge is 0.336 e. The van der Waals surface area contributed by atoms with Gasteiger partial charge in [-0.25, -0.2) is 28.1 Å². The van der Waals surface area contributed by atoms with Crippen LogP contribution in [0.2, 0.25) is 0 Å². The summed E-state index contributed by atoms with van der Waals surface area (Å²) in [6, 6.07) is 7.03. The highest BCUT2D eigenvalue weighted by molar-refractivity contribution is 5.28. The largest absolute Gasteiger partial charge is 0.497 e. The molecule has 0 atom stereocenters. The minimum atomic E-state index is -0.674. The lowest BCUT2D eigenvalue weighted by Gasteiger charge is -2.12. The standard InChI is InChI=1S/C17H19N3O4/c1-4-9-18-15(21)19(10-5-2)17(23)20(16(18)22)12-13-7-6-8-14(11-13)24-3/h4-8,11H,1-2,9-10,12H2,3H3. The molecule has 0 saturated heterocycles. The van der Waals surface area contributed by atoms with Gasteiger partial charge in [0.25, 0.3) is 0 Å². The predicted octanol–water partition coefficient (Wildman–Crippen LogP) is 0.601. The molecule has 7 heteroatoms. The third-order valence-corrected chi connectivity index (χ3v) is 3.48. The SMILES string of the molecule is C=CCn1c(=O)n(CC=C)c(=O)n(Cc2cccc(OC)c2)c1=O. The first-order valence-corrected chi connectivity index (χ1v) is 7.32. The van der Waals surface area contributed by atoms with Crippen LogP contribution in [0, 0.1) is 0 Å². The summed E-state index contributed by atoms with van der Waals surface area (Å²) in [5, 5.41) is 0. The molecule has 0 aliphatic rings. The molecule has 0 radical (unpaired) electrons. The molecule has 0 saturated carbocycles. The van der Waals surface area contributed by atoms with Gasteiger partial charge in [0.05, 0.1) is 26.7 Å². The van der Waals surface area contributed by atoms with Gasteiger partial charge >= 0.3 is 17.1 Å². The van der Waals surface area contributed by atoms with Crippen LogP contribution in [-0.4, -0.2) is 20.8 Å². The maximum Gasteiger partial charge on any atom is 0.336 e. The molecular weight excluding hydrogens is 310 g/mol. The number of methoxy groups -OCH3 is 1. The maximum absolute atomic E-state index is 12.5.